The average molecular weight is 506 g/mol. The third-order valence-electron chi connectivity index (χ3n) is 2.42. The van der Waals surface area contributed by atoms with E-state index < -0.39 is 31.3 Å². The first-order valence-corrected chi connectivity index (χ1v) is 14.9. The van der Waals surface area contributed by atoms with Gasteiger partial charge in [0.2, 0.25) is 0 Å². The first-order chi connectivity index (χ1) is 13.4. The van der Waals surface area contributed by atoms with E-state index in [2.05, 4.69) is 8.62 Å². The van der Waals surface area contributed by atoms with Gasteiger partial charge in [0.15, 0.2) is 0 Å². The molecule has 0 amide bonds. The second kappa shape index (κ2) is 13.9. The van der Waals surface area contributed by atoms with Crippen LogP contribution in [0.2, 0.25) is 0 Å². The number of hydrogen-bond acceptors (Lipinski definition) is 11. The molecular formula is C12H30O13P4. The average Bonchev–Trinajstić information content (AvgIpc) is 2.60. The van der Waals surface area contributed by atoms with Gasteiger partial charge in [-0.25, -0.2) is 18.3 Å². The van der Waals surface area contributed by atoms with Crippen LogP contribution in [-0.4, -0.2) is 36.2 Å². The van der Waals surface area contributed by atoms with E-state index >= 15 is 0 Å². The van der Waals surface area contributed by atoms with Crippen molar-refractivity contribution in [2.75, 3.05) is 26.4 Å². The zero-order valence-corrected chi connectivity index (χ0v) is 20.4. The van der Waals surface area contributed by atoms with Crippen molar-refractivity contribution in [1.29, 1.82) is 0 Å². The lowest BCUT2D eigenvalue weighted by Gasteiger charge is -2.25. The highest BCUT2D eigenvalue weighted by Crippen LogP contribution is 2.75. The molecule has 0 spiro atoms. The van der Waals surface area contributed by atoms with Gasteiger partial charge in [-0.3, -0.25) is 18.1 Å². The zero-order chi connectivity index (χ0) is 22.6. The van der Waals surface area contributed by atoms with Crippen molar-refractivity contribution in [3.8, 4) is 0 Å². The Balaban J connectivity index is 5.82. The summed E-state index contributed by atoms with van der Waals surface area (Å²) in [5, 5.41) is 0. The normalized spacial score (nSPS) is 17.0. The Morgan fingerprint density at radius 1 is 0.517 bits per heavy atom. The molecule has 0 aliphatic heterocycles. The van der Waals surface area contributed by atoms with Crippen LogP contribution in [0.4, 0.5) is 0 Å². The minimum absolute atomic E-state index is 0.0995. The Kier molecular flexibility index (Phi) is 14.1. The maximum absolute atomic E-state index is 13.0. The molecule has 17 heteroatoms. The maximum atomic E-state index is 13.0. The first kappa shape index (κ1) is 29.6. The van der Waals surface area contributed by atoms with Crippen molar-refractivity contribution in [3.63, 3.8) is 0 Å². The molecule has 0 aromatic heterocycles. The monoisotopic (exact) mass is 506 g/mol. The summed E-state index contributed by atoms with van der Waals surface area (Å²) in [6.07, 6.45) is 1.34. The molecule has 0 radical (unpaired) electrons. The predicted octanol–water partition coefficient (Wildman–Crippen LogP) is 5.16. The fourth-order valence-corrected chi connectivity index (χ4v) is 8.00. The van der Waals surface area contributed by atoms with E-state index in [0.717, 1.165) is 0 Å². The van der Waals surface area contributed by atoms with E-state index in [1.165, 1.54) is 0 Å². The molecule has 2 N–H and O–H groups in total. The molecule has 2 unspecified atom stereocenters. The molecule has 0 saturated carbocycles. The largest absolute Gasteiger partial charge is 0.492 e. The summed E-state index contributed by atoms with van der Waals surface area (Å²) in [5.41, 5.74) is 0. The molecule has 0 aliphatic carbocycles. The molecule has 29 heavy (non-hydrogen) atoms. The van der Waals surface area contributed by atoms with Crippen LogP contribution in [0, 0.1) is 0 Å². The second-order valence-corrected chi connectivity index (χ2v) is 12.1. The van der Waals surface area contributed by atoms with Crippen molar-refractivity contribution in [1.82, 2.24) is 0 Å². The van der Waals surface area contributed by atoms with Crippen molar-refractivity contribution in [3.05, 3.63) is 0 Å². The highest BCUT2D eigenvalue weighted by molar-refractivity contribution is 7.70. The quantitative estimate of drug-likeness (QED) is 0.234. The zero-order valence-electron chi connectivity index (χ0n) is 16.8. The number of phosphoric acid groups is 4. The summed E-state index contributed by atoms with van der Waals surface area (Å²) in [4.78, 5) is 17.9. The van der Waals surface area contributed by atoms with Gasteiger partial charge in [-0.15, -0.1) is 0 Å². The summed E-state index contributed by atoms with van der Waals surface area (Å²) in [7, 11) is -20.1. The number of rotatable bonds is 18. The standard InChI is InChI=1S/C12H30O13P4/c1-5-9-19-27(16,20-10-6-2)24-29(18,22-12-8-4)25-28(17,21-11-7-3)23-26(13,14)15/h5-12H2,1-4H3,(H2,13,14,15). The number of phosphoric ester groups is 1. The molecule has 2 atom stereocenters. The first-order valence-electron chi connectivity index (χ1n) is 8.94. The van der Waals surface area contributed by atoms with Crippen molar-refractivity contribution in [2.45, 2.75) is 53.4 Å². The third-order valence-corrected chi connectivity index (χ3v) is 9.27. The van der Waals surface area contributed by atoms with Crippen molar-refractivity contribution < 1.29 is 59.1 Å². The Morgan fingerprint density at radius 2 is 0.793 bits per heavy atom. The molecular weight excluding hydrogens is 476 g/mol. The van der Waals surface area contributed by atoms with E-state index in [0.29, 0.717) is 12.8 Å². The van der Waals surface area contributed by atoms with Crippen molar-refractivity contribution in [2.24, 2.45) is 0 Å². The SMILES string of the molecule is CCCOP(=O)(OCCC)OP(=O)(OCCC)OP(=O)(OCCC)OP(=O)(O)O. The van der Waals surface area contributed by atoms with Crippen LogP contribution < -0.4 is 0 Å². The topological polar surface area (TPSA) is 173 Å². The molecule has 0 rings (SSSR count). The minimum Gasteiger partial charge on any atom is -0.302 e. The van der Waals surface area contributed by atoms with E-state index in [1.807, 2.05) is 0 Å². The second-order valence-electron chi connectivity index (χ2n) is 5.41. The number of hydrogen-bond donors (Lipinski definition) is 2. The Labute approximate surface area is 170 Å². The lowest BCUT2D eigenvalue weighted by molar-refractivity contribution is 0.117. The van der Waals surface area contributed by atoms with Gasteiger partial charge in [-0.2, -0.15) is 12.9 Å². The lowest BCUT2D eigenvalue weighted by Crippen LogP contribution is -2.07. The summed E-state index contributed by atoms with van der Waals surface area (Å²) in [6, 6.07) is 0. The van der Waals surface area contributed by atoms with Gasteiger partial charge >= 0.3 is 31.3 Å². The van der Waals surface area contributed by atoms with Crippen LogP contribution in [0.25, 0.3) is 0 Å². The maximum Gasteiger partial charge on any atom is 0.492 e. The van der Waals surface area contributed by atoms with Crippen LogP contribution in [0.3, 0.4) is 0 Å². The van der Waals surface area contributed by atoms with Crippen molar-refractivity contribution >= 4 is 31.3 Å². The summed E-state index contributed by atoms with van der Waals surface area (Å²) >= 11 is 0. The molecule has 0 heterocycles. The molecule has 0 aromatic carbocycles. The summed E-state index contributed by atoms with van der Waals surface area (Å²) in [5.74, 6) is 0. The van der Waals surface area contributed by atoms with Gasteiger partial charge in [-0.1, -0.05) is 27.7 Å². The molecule has 0 saturated heterocycles. The summed E-state index contributed by atoms with van der Waals surface area (Å²) < 4.78 is 82.8. The van der Waals surface area contributed by atoms with Gasteiger partial charge in [-0.05, 0) is 25.7 Å². The Hall–Kier alpha value is 0.560. The fraction of sp³-hybridized carbons (Fsp3) is 1.00. The molecule has 176 valence electrons. The van der Waals surface area contributed by atoms with Crippen LogP contribution in [0.15, 0.2) is 0 Å². The highest BCUT2D eigenvalue weighted by atomic mass is 31.3. The van der Waals surface area contributed by atoms with Crippen LogP contribution in [0.1, 0.15) is 53.4 Å². The van der Waals surface area contributed by atoms with Gasteiger partial charge in [0.05, 0.1) is 26.4 Å². The smallest absolute Gasteiger partial charge is 0.302 e. The molecule has 0 fully saturated rings. The van der Waals surface area contributed by atoms with Gasteiger partial charge in [0.25, 0.3) is 0 Å². The Bertz CT molecular complexity index is 636. The minimum atomic E-state index is -5.40. The van der Waals surface area contributed by atoms with E-state index in [-0.39, 0.29) is 39.3 Å². The van der Waals surface area contributed by atoms with Gasteiger partial charge < -0.3 is 9.79 Å². The lowest BCUT2D eigenvalue weighted by atomic mass is 10.5. The molecule has 13 nitrogen and oxygen atoms in total. The predicted molar refractivity (Wildman–Crippen MR) is 103 cm³/mol. The van der Waals surface area contributed by atoms with E-state index in [4.69, 9.17) is 32.2 Å². The Morgan fingerprint density at radius 3 is 1.10 bits per heavy atom. The highest BCUT2D eigenvalue weighted by Gasteiger charge is 2.49. The van der Waals surface area contributed by atoms with Gasteiger partial charge in [0, 0.05) is 0 Å². The van der Waals surface area contributed by atoms with Gasteiger partial charge in [0.1, 0.15) is 0 Å². The van der Waals surface area contributed by atoms with Crippen LogP contribution in [-0.2, 0) is 49.3 Å². The molecule has 0 aliphatic rings. The fourth-order valence-electron chi connectivity index (χ4n) is 1.40. The molecule has 0 aromatic rings. The summed E-state index contributed by atoms with van der Waals surface area (Å²) in [6.45, 7) is 5.82. The van der Waals surface area contributed by atoms with E-state index in [9.17, 15) is 18.3 Å². The van der Waals surface area contributed by atoms with Crippen LogP contribution >= 0.6 is 31.3 Å². The van der Waals surface area contributed by atoms with E-state index in [1.54, 1.807) is 27.7 Å². The van der Waals surface area contributed by atoms with Crippen LogP contribution in [0.5, 0.6) is 0 Å². The molecule has 0 bridgehead atoms. The third kappa shape index (κ3) is 13.6.